The van der Waals surface area contributed by atoms with Crippen LogP contribution in [-0.2, 0) is 0 Å². The summed E-state index contributed by atoms with van der Waals surface area (Å²) in [7, 11) is 0. The molecular weight excluding hydrogens is 401 g/mol. The number of para-hydroxylation sites is 1. The Morgan fingerprint density at radius 1 is 1.04 bits per heavy atom. The highest BCUT2D eigenvalue weighted by Gasteiger charge is 2.19. The van der Waals surface area contributed by atoms with E-state index in [2.05, 4.69) is 26.4 Å². The van der Waals surface area contributed by atoms with Crippen molar-refractivity contribution in [3.05, 3.63) is 52.2 Å². The number of hydrogen-bond acceptors (Lipinski definition) is 5. The summed E-state index contributed by atoms with van der Waals surface area (Å²) in [5, 5.41) is 0. The van der Waals surface area contributed by atoms with Gasteiger partial charge in [-0.25, -0.2) is 4.39 Å². The van der Waals surface area contributed by atoms with Gasteiger partial charge in [0.05, 0.1) is 14.2 Å². The van der Waals surface area contributed by atoms with Crippen molar-refractivity contribution in [1.29, 1.82) is 0 Å². The van der Waals surface area contributed by atoms with E-state index in [0.717, 1.165) is 49.3 Å². The van der Waals surface area contributed by atoms with Crippen molar-refractivity contribution in [2.75, 3.05) is 44.2 Å². The molecule has 4 rings (SSSR count). The first-order chi connectivity index (χ1) is 13.2. The molecule has 2 aliphatic heterocycles. The third-order valence-corrected chi connectivity index (χ3v) is 7.47. The van der Waals surface area contributed by atoms with Gasteiger partial charge < -0.3 is 9.21 Å². The lowest BCUT2D eigenvalue weighted by Gasteiger charge is -2.36. The van der Waals surface area contributed by atoms with Crippen LogP contribution in [0.3, 0.4) is 0 Å². The van der Waals surface area contributed by atoms with Gasteiger partial charge in [0.15, 0.2) is 0 Å². The number of thiophene rings is 1. The molecule has 0 bridgehead atoms. The molecule has 1 fully saturated rings. The van der Waals surface area contributed by atoms with Crippen LogP contribution in [-0.4, -0.2) is 48.5 Å². The Morgan fingerprint density at radius 3 is 2.63 bits per heavy atom. The fourth-order valence-corrected chi connectivity index (χ4v) is 6.08. The van der Waals surface area contributed by atoms with E-state index in [-0.39, 0.29) is 5.82 Å². The molecule has 3 heterocycles. The fourth-order valence-electron chi connectivity index (χ4n) is 3.49. The first kappa shape index (κ1) is 19.1. The number of fused-ring (bicyclic) bond motifs is 1. The topological polar surface area (TPSA) is 9.72 Å². The third kappa shape index (κ3) is 4.80. The van der Waals surface area contributed by atoms with Crippen LogP contribution < -0.4 is 4.90 Å². The van der Waals surface area contributed by atoms with Crippen molar-refractivity contribution in [1.82, 2.24) is 9.21 Å². The van der Waals surface area contributed by atoms with Gasteiger partial charge in [-0.15, -0.1) is 11.3 Å². The van der Waals surface area contributed by atoms with Gasteiger partial charge in [-0.1, -0.05) is 23.7 Å². The van der Waals surface area contributed by atoms with E-state index in [4.69, 9.17) is 11.6 Å². The molecule has 1 aromatic carbocycles. The Morgan fingerprint density at radius 2 is 1.81 bits per heavy atom. The molecule has 1 saturated heterocycles. The number of piperazine rings is 1. The molecule has 7 heteroatoms. The minimum Gasteiger partial charge on any atom is -0.367 e. The summed E-state index contributed by atoms with van der Waals surface area (Å²) in [4.78, 5) is 4.65. The van der Waals surface area contributed by atoms with Crippen LogP contribution in [0, 0.1) is 5.82 Å². The summed E-state index contributed by atoms with van der Waals surface area (Å²) in [6.45, 7) is 5.96. The Bertz CT molecular complexity index is 802. The van der Waals surface area contributed by atoms with Crippen LogP contribution in [0.25, 0.3) is 6.08 Å². The number of hydrogen-bond donors (Lipinski definition) is 0. The Kier molecular flexibility index (Phi) is 6.28. The quantitative estimate of drug-likeness (QED) is 0.452. The normalized spacial score (nSPS) is 17.4. The molecule has 0 saturated carbocycles. The summed E-state index contributed by atoms with van der Waals surface area (Å²) < 4.78 is 18.4. The Balaban J connectivity index is 1.16. The first-order valence-corrected chi connectivity index (χ1v) is 11.3. The second-order valence-electron chi connectivity index (χ2n) is 6.83. The number of anilines is 1. The van der Waals surface area contributed by atoms with Crippen LogP contribution in [0.2, 0.25) is 4.34 Å². The molecule has 0 spiro atoms. The lowest BCUT2D eigenvalue weighted by Crippen LogP contribution is -2.47. The molecule has 0 radical (unpaired) electrons. The average Bonchev–Trinajstić information content (AvgIpc) is 3.05. The summed E-state index contributed by atoms with van der Waals surface area (Å²) in [5.41, 5.74) is 1.97. The van der Waals surface area contributed by atoms with Gasteiger partial charge in [-0.05, 0) is 55.6 Å². The zero-order valence-electron chi connectivity index (χ0n) is 15.1. The molecule has 0 amide bonds. The third-order valence-electron chi connectivity index (χ3n) is 4.98. The molecule has 0 aliphatic carbocycles. The fraction of sp³-hybridized carbons (Fsp3) is 0.400. The lowest BCUT2D eigenvalue weighted by atomic mass is 10.2. The van der Waals surface area contributed by atoms with E-state index in [0.29, 0.717) is 0 Å². The molecule has 1 aromatic heterocycles. The summed E-state index contributed by atoms with van der Waals surface area (Å²) in [6, 6.07) is 9.11. The van der Waals surface area contributed by atoms with Crippen molar-refractivity contribution < 1.29 is 4.39 Å². The van der Waals surface area contributed by atoms with Crippen molar-refractivity contribution in [2.24, 2.45) is 0 Å². The maximum atomic E-state index is 13.9. The van der Waals surface area contributed by atoms with E-state index < -0.39 is 0 Å². The molecule has 27 heavy (non-hydrogen) atoms. The minimum absolute atomic E-state index is 0.117. The van der Waals surface area contributed by atoms with Crippen molar-refractivity contribution >= 4 is 46.6 Å². The summed E-state index contributed by atoms with van der Waals surface area (Å²) in [5.74, 6) is -0.117. The molecule has 0 unspecified atom stereocenters. The monoisotopic (exact) mass is 423 g/mol. The molecule has 0 atom stereocenters. The maximum Gasteiger partial charge on any atom is 0.146 e. The second kappa shape index (κ2) is 8.86. The average molecular weight is 424 g/mol. The molecule has 2 aromatic rings. The Hall–Kier alpha value is -1.21. The number of unbranched alkanes of at least 4 members (excludes halogenated alkanes) is 1. The maximum absolute atomic E-state index is 13.9. The number of rotatable bonds is 6. The van der Waals surface area contributed by atoms with Crippen LogP contribution in [0.15, 0.2) is 40.7 Å². The van der Waals surface area contributed by atoms with Crippen LogP contribution >= 0.6 is 34.9 Å². The highest BCUT2D eigenvalue weighted by Crippen LogP contribution is 2.40. The predicted molar refractivity (Wildman–Crippen MR) is 115 cm³/mol. The molecule has 144 valence electrons. The Labute approximate surface area is 173 Å². The SMILES string of the molecule is Fc1ccccc1N1CCN(CCCCN2C=Cc3cc(Cl)sc3S2)CC1. The van der Waals surface area contributed by atoms with Crippen LogP contribution in [0.5, 0.6) is 0 Å². The van der Waals surface area contributed by atoms with Gasteiger partial charge >= 0.3 is 0 Å². The first-order valence-electron chi connectivity index (χ1n) is 9.33. The summed E-state index contributed by atoms with van der Waals surface area (Å²) >= 11 is 9.53. The zero-order chi connectivity index (χ0) is 18.6. The predicted octanol–water partition coefficient (Wildman–Crippen LogP) is 5.44. The van der Waals surface area contributed by atoms with Gasteiger partial charge in [-0.3, -0.25) is 4.90 Å². The van der Waals surface area contributed by atoms with Crippen molar-refractivity contribution in [3.8, 4) is 0 Å². The molecule has 0 N–H and O–H groups in total. The van der Waals surface area contributed by atoms with E-state index in [1.807, 2.05) is 18.2 Å². The largest absolute Gasteiger partial charge is 0.367 e. The van der Waals surface area contributed by atoms with Gasteiger partial charge in [-0.2, -0.15) is 0 Å². The second-order valence-corrected chi connectivity index (χ2v) is 9.83. The minimum atomic E-state index is -0.117. The molecule has 3 nitrogen and oxygen atoms in total. The molecule has 2 aliphatic rings. The van der Waals surface area contributed by atoms with Gasteiger partial charge in [0.25, 0.3) is 0 Å². The van der Waals surface area contributed by atoms with Crippen LogP contribution in [0.1, 0.15) is 18.4 Å². The standard InChI is InChI=1S/C20H23ClFN3S2/c21-19-15-16-7-10-25(27-20(16)26-19)9-4-3-8-23-11-13-24(14-12-23)18-6-2-1-5-17(18)22/h1-2,5-7,10,15H,3-4,8-9,11-14H2. The highest BCUT2D eigenvalue weighted by molar-refractivity contribution is 7.99. The number of halogens is 2. The van der Waals surface area contributed by atoms with Crippen molar-refractivity contribution in [2.45, 2.75) is 17.1 Å². The number of benzene rings is 1. The number of nitrogens with zero attached hydrogens (tertiary/aromatic N) is 3. The highest BCUT2D eigenvalue weighted by atomic mass is 35.5. The van der Waals surface area contributed by atoms with E-state index in [9.17, 15) is 4.39 Å². The van der Waals surface area contributed by atoms with Gasteiger partial charge in [0, 0.05) is 44.5 Å². The van der Waals surface area contributed by atoms with Gasteiger partial charge in [0.2, 0.25) is 0 Å². The molecular formula is C20H23ClFN3S2. The van der Waals surface area contributed by atoms with Crippen LogP contribution in [0.4, 0.5) is 10.1 Å². The smallest absolute Gasteiger partial charge is 0.146 e. The van der Waals surface area contributed by atoms with Crippen molar-refractivity contribution in [3.63, 3.8) is 0 Å². The van der Waals surface area contributed by atoms with Gasteiger partial charge in [0.1, 0.15) is 5.82 Å². The summed E-state index contributed by atoms with van der Waals surface area (Å²) in [6.07, 6.45) is 6.65. The van der Waals surface area contributed by atoms with E-state index >= 15 is 0 Å². The zero-order valence-corrected chi connectivity index (χ0v) is 17.5. The lowest BCUT2D eigenvalue weighted by molar-refractivity contribution is 0.251. The van der Waals surface area contributed by atoms with E-state index in [1.54, 1.807) is 35.4 Å². The van der Waals surface area contributed by atoms with E-state index in [1.165, 1.54) is 22.6 Å².